The summed E-state index contributed by atoms with van der Waals surface area (Å²) in [6.07, 6.45) is 2.08. The quantitative estimate of drug-likeness (QED) is 0.568. The fourth-order valence-corrected chi connectivity index (χ4v) is 5.10. The van der Waals surface area contributed by atoms with E-state index in [2.05, 4.69) is 39.1 Å². The first-order valence-corrected chi connectivity index (χ1v) is 12.5. The Hall–Kier alpha value is -2.68. The number of aromatic nitrogens is 2. The normalized spacial score (nSPS) is 20.3. The SMILES string of the molecule is C[C@@H]1CN(c2ncc(C(F)(F)F)cn2)CCN1C(=O)CCCC1CCN(Cc2ccccc2)CC1. The first-order chi connectivity index (χ1) is 16.8. The molecule has 2 fully saturated rings. The Balaban J connectivity index is 1.16. The summed E-state index contributed by atoms with van der Waals surface area (Å²) in [5.74, 6) is 1.11. The summed E-state index contributed by atoms with van der Waals surface area (Å²) >= 11 is 0. The zero-order valence-corrected chi connectivity index (χ0v) is 20.3. The molecule has 0 bridgehead atoms. The maximum atomic E-state index is 12.8. The van der Waals surface area contributed by atoms with Gasteiger partial charge in [-0.2, -0.15) is 13.2 Å². The Bertz CT molecular complexity index is 946. The molecule has 2 aliphatic heterocycles. The van der Waals surface area contributed by atoms with E-state index in [0.29, 0.717) is 32.0 Å². The van der Waals surface area contributed by atoms with Gasteiger partial charge in [-0.1, -0.05) is 30.3 Å². The van der Waals surface area contributed by atoms with Crippen molar-refractivity contribution in [3.8, 4) is 0 Å². The highest BCUT2D eigenvalue weighted by atomic mass is 19.4. The fraction of sp³-hybridized carbons (Fsp3) is 0.577. The molecule has 4 rings (SSSR count). The molecule has 0 radical (unpaired) electrons. The van der Waals surface area contributed by atoms with Crippen LogP contribution in [0, 0.1) is 5.92 Å². The third-order valence-electron chi connectivity index (χ3n) is 7.16. The highest BCUT2D eigenvalue weighted by molar-refractivity contribution is 5.76. The Labute approximate surface area is 205 Å². The number of carbonyl (C=O) groups is 1. The van der Waals surface area contributed by atoms with E-state index in [9.17, 15) is 18.0 Å². The summed E-state index contributed by atoms with van der Waals surface area (Å²) in [5, 5.41) is 0. The van der Waals surface area contributed by atoms with Crippen LogP contribution >= 0.6 is 0 Å². The van der Waals surface area contributed by atoms with Gasteiger partial charge < -0.3 is 9.80 Å². The predicted octanol–water partition coefficient (Wildman–Crippen LogP) is 4.62. The largest absolute Gasteiger partial charge is 0.419 e. The molecule has 0 N–H and O–H groups in total. The minimum atomic E-state index is -4.45. The molecule has 1 atom stereocenters. The molecule has 0 spiro atoms. The van der Waals surface area contributed by atoms with Crippen LogP contribution in [0.25, 0.3) is 0 Å². The van der Waals surface area contributed by atoms with Gasteiger partial charge in [0, 0.05) is 51.0 Å². The van der Waals surface area contributed by atoms with E-state index in [1.54, 1.807) is 0 Å². The lowest BCUT2D eigenvalue weighted by atomic mass is 9.91. The number of benzene rings is 1. The minimum Gasteiger partial charge on any atom is -0.337 e. The number of anilines is 1. The number of nitrogens with zero attached hydrogens (tertiary/aromatic N) is 5. The Morgan fingerprint density at radius 1 is 1.03 bits per heavy atom. The summed E-state index contributed by atoms with van der Waals surface area (Å²) in [5.41, 5.74) is 0.501. The summed E-state index contributed by atoms with van der Waals surface area (Å²) in [6.45, 7) is 6.75. The number of piperazine rings is 1. The number of amides is 1. The van der Waals surface area contributed by atoms with Gasteiger partial charge in [0.25, 0.3) is 0 Å². The number of halogens is 3. The number of piperidine rings is 1. The molecule has 9 heteroatoms. The number of rotatable bonds is 7. The summed E-state index contributed by atoms with van der Waals surface area (Å²) < 4.78 is 38.2. The smallest absolute Gasteiger partial charge is 0.337 e. The molecule has 35 heavy (non-hydrogen) atoms. The number of hydrogen-bond donors (Lipinski definition) is 0. The van der Waals surface area contributed by atoms with Crippen molar-refractivity contribution in [1.29, 1.82) is 0 Å². The second-order valence-corrected chi connectivity index (χ2v) is 9.75. The van der Waals surface area contributed by atoms with E-state index in [0.717, 1.165) is 44.9 Å². The monoisotopic (exact) mass is 489 g/mol. The molecule has 2 aliphatic rings. The third kappa shape index (κ3) is 6.93. The second kappa shape index (κ2) is 11.4. The van der Waals surface area contributed by atoms with E-state index >= 15 is 0 Å². The van der Waals surface area contributed by atoms with E-state index in [4.69, 9.17) is 0 Å². The lowest BCUT2D eigenvalue weighted by molar-refractivity contribution is -0.138. The van der Waals surface area contributed by atoms with E-state index in [1.165, 1.54) is 18.4 Å². The Kier molecular flexibility index (Phi) is 8.26. The van der Waals surface area contributed by atoms with Crippen LogP contribution < -0.4 is 4.90 Å². The van der Waals surface area contributed by atoms with Crippen LogP contribution in [-0.2, 0) is 17.5 Å². The molecular weight excluding hydrogens is 455 g/mol. The zero-order chi connectivity index (χ0) is 24.8. The van der Waals surface area contributed by atoms with Gasteiger partial charge in [0.05, 0.1) is 5.56 Å². The van der Waals surface area contributed by atoms with Gasteiger partial charge >= 0.3 is 6.18 Å². The standard InChI is InChI=1S/C26H34F3N5O/c1-20-18-33(25-30-16-23(17-31-25)26(27,28)29)14-15-34(20)24(35)9-5-8-21-10-12-32(13-11-21)19-22-6-3-2-4-7-22/h2-4,6-7,16-17,20-21H,5,8-15,18-19H2,1H3/t20-/m1/s1. The molecule has 0 aliphatic carbocycles. The van der Waals surface area contributed by atoms with Gasteiger partial charge in [-0.25, -0.2) is 9.97 Å². The first-order valence-electron chi connectivity index (χ1n) is 12.5. The molecule has 1 aromatic heterocycles. The van der Waals surface area contributed by atoms with Crippen molar-refractivity contribution in [2.75, 3.05) is 37.6 Å². The highest BCUT2D eigenvalue weighted by Crippen LogP contribution is 2.29. The molecule has 2 saturated heterocycles. The van der Waals surface area contributed by atoms with Crippen molar-refractivity contribution >= 4 is 11.9 Å². The molecule has 0 saturated carbocycles. The molecule has 190 valence electrons. The van der Waals surface area contributed by atoms with Crippen molar-refractivity contribution in [2.24, 2.45) is 5.92 Å². The van der Waals surface area contributed by atoms with Gasteiger partial charge in [-0.3, -0.25) is 9.69 Å². The van der Waals surface area contributed by atoms with Crippen LogP contribution in [0.15, 0.2) is 42.7 Å². The van der Waals surface area contributed by atoms with E-state index in [1.807, 2.05) is 22.8 Å². The van der Waals surface area contributed by atoms with E-state index < -0.39 is 11.7 Å². The lowest BCUT2D eigenvalue weighted by Gasteiger charge is -2.40. The molecule has 2 aromatic rings. The number of carbonyl (C=O) groups excluding carboxylic acids is 1. The molecule has 6 nitrogen and oxygen atoms in total. The van der Waals surface area contributed by atoms with E-state index in [-0.39, 0.29) is 17.9 Å². The molecule has 1 aromatic carbocycles. The number of alkyl halides is 3. The summed E-state index contributed by atoms with van der Waals surface area (Å²) in [6, 6.07) is 10.5. The van der Waals surface area contributed by atoms with Crippen LogP contribution in [0.2, 0.25) is 0 Å². The fourth-order valence-electron chi connectivity index (χ4n) is 5.10. The van der Waals surface area contributed by atoms with Crippen LogP contribution in [0.1, 0.15) is 50.2 Å². The maximum Gasteiger partial charge on any atom is 0.419 e. The van der Waals surface area contributed by atoms with Gasteiger partial charge in [-0.05, 0) is 57.2 Å². The third-order valence-corrected chi connectivity index (χ3v) is 7.16. The first kappa shape index (κ1) is 25.4. The van der Waals surface area contributed by atoms with Crippen LogP contribution in [-0.4, -0.2) is 64.4 Å². The van der Waals surface area contributed by atoms with Crippen molar-refractivity contribution in [2.45, 2.75) is 57.8 Å². The average molecular weight is 490 g/mol. The molecule has 3 heterocycles. The van der Waals surface area contributed by atoms with Gasteiger partial charge in [-0.15, -0.1) is 0 Å². The predicted molar refractivity (Wildman–Crippen MR) is 129 cm³/mol. The van der Waals surface area contributed by atoms with Gasteiger partial charge in [0.15, 0.2) is 0 Å². The topological polar surface area (TPSA) is 52.6 Å². The zero-order valence-electron chi connectivity index (χ0n) is 20.3. The average Bonchev–Trinajstić information content (AvgIpc) is 2.85. The Morgan fingerprint density at radius 2 is 1.71 bits per heavy atom. The molecule has 0 unspecified atom stereocenters. The van der Waals surface area contributed by atoms with Crippen molar-refractivity contribution in [1.82, 2.24) is 19.8 Å². The Morgan fingerprint density at radius 3 is 2.34 bits per heavy atom. The van der Waals surface area contributed by atoms with Crippen molar-refractivity contribution in [3.63, 3.8) is 0 Å². The van der Waals surface area contributed by atoms with Crippen molar-refractivity contribution < 1.29 is 18.0 Å². The molecular formula is C26H34F3N5O. The molecule has 1 amide bonds. The summed E-state index contributed by atoms with van der Waals surface area (Å²) in [7, 11) is 0. The van der Waals surface area contributed by atoms with Crippen molar-refractivity contribution in [3.05, 3.63) is 53.9 Å². The second-order valence-electron chi connectivity index (χ2n) is 9.75. The van der Waals surface area contributed by atoms with Crippen LogP contribution in [0.3, 0.4) is 0 Å². The lowest BCUT2D eigenvalue weighted by Crippen LogP contribution is -2.54. The van der Waals surface area contributed by atoms with Gasteiger partial charge in [0.1, 0.15) is 0 Å². The van der Waals surface area contributed by atoms with Crippen LogP contribution in [0.4, 0.5) is 19.1 Å². The maximum absolute atomic E-state index is 12.8. The van der Waals surface area contributed by atoms with Crippen LogP contribution in [0.5, 0.6) is 0 Å². The summed E-state index contributed by atoms with van der Waals surface area (Å²) in [4.78, 5) is 26.9. The van der Waals surface area contributed by atoms with Gasteiger partial charge in [0.2, 0.25) is 11.9 Å². The number of likely N-dealkylation sites (tertiary alicyclic amines) is 1. The highest BCUT2D eigenvalue weighted by Gasteiger charge is 2.33. The minimum absolute atomic E-state index is 0.0385. The number of hydrogen-bond acceptors (Lipinski definition) is 5.